The van der Waals surface area contributed by atoms with Gasteiger partial charge in [0.05, 0.1) is 14.2 Å². The number of amides is 1. The van der Waals surface area contributed by atoms with Crippen LogP contribution in [0.1, 0.15) is 18.1 Å². The highest BCUT2D eigenvalue weighted by molar-refractivity contribution is 5.77. The molecule has 0 saturated carbocycles. The summed E-state index contributed by atoms with van der Waals surface area (Å²) >= 11 is 0. The van der Waals surface area contributed by atoms with Gasteiger partial charge in [0.1, 0.15) is 5.75 Å². The Morgan fingerprint density at radius 2 is 1.80 bits per heavy atom. The average Bonchev–Trinajstić information content (AvgIpc) is 2.65. The van der Waals surface area contributed by atoms with Crippen LogP contribution in [0.3, 0.4) is 0 Å². The lowest BCUT2D eigenvalue weighted by molar-refractivity contribution is -0.123. The van der Waals surface area contributed by atoms with Crippen molar-refractivity contribution in [1.29, 1.82) is 0 Å². The molecule has 25 heavy (non-hydrogen) atoms. The minimum absolute atomic E-state index is 0.0739. The zero-order valence-corrected chi connectivity index (χ0v) is 14.7. The van der Waals surface area contributed by atoms with E-state index in [1.54, 1.807) is 20.3 Å². The zero-order valence-electron chi connectivity index (χ0n) is 14.7. The number of carbonyl (C=O) groups excluding carboxylic acids is 1. The third-order valence-corrected chi connectivity index (χ3v) is 3.55. The van der Waals surface area contributed by atoms with Crippen LogP contribution < -0.4 is 19.5 Å². The molecule has 0 heterocycles. The zero-order chi connectivity index (χ0) is 18.1. The second-order valence-electron chi connectivity index (χ2n) is 5.32. The van der Waals surface area contributed by atoms with E-state index >= 15 is 0 Å². The lowest BCUT2D eigenvalue weighted by Gasteiger charge is -2.11. The summed E-state index contributed by atoms with van der Waals surface area (Å²) in [5.41, 5.74) is 2.00. The maximum absolute atomic E-state index is 12.0. The predicted octanol–water partition coefficient (Wildman–Crippen LogP) is 3.43. The predicted molar refractivity (Wildman–Crippen MR) is 98.0 cm³/mol. The van der Waals surface area contributed by atoms with Gasteiger partial charge in [0.25, 0.3) is 5.91 Å². The number of carbonyl (C=O) groups is 1. The van der Waals surface area contributed by atoms with Crippen LogP contribution in [0, 0.1) is 0 Å². The Kier molecular flexibility index (Phi) is 6.89. The molecule has 0 aliphatic carbocycles. The number of nitrogens with one attached hydrogen (secondary N) is 1. The van der Waals surface area contributed by atoms with Crippen LogP contribution in [0.4, 0.5) is 0 Å². The van der Waals surface area contributed by atoms with Crippen molar-refractivity contribution in [2.45, 2.75) is 13.5 Å². The molecule has 2 aromatic rings. The molecule has 1 amide bonds. The van der Waals surface area contributed by atoms with Crippen LogP contribution >= 0.6 is 0 Å². The number of hydrogen-bond acceptors (Lipinski definition) is 4. The van der Waals surface area contributed by atoms with Gasteiger partial charge in [-0.25, -0.2) is 0 Å². The van der Waals surface area contributed by atoms with Gasteiger partial charge in [-0.15, -0.1) is 0 Å². The standard InChI is InChI=1S/C20H23NO4/c1-4-5-15-8-11-18(19(12-15)24-3)25-14-20(22)21-13-16-6-9-17(23-2)10-7-16/h4-12H,13-14H2,1-3H3,(H,21,22). The molecule has 0 spiro atoms. The van der Waals surface area contributed by atoms with Crippen LogP contribution in [0.25, 0.3) is 6.08 Å². The van der Waals surface area contributed by atoms with E-state index in [1.165, 1.54) is 0 Å². The van der Waals surface area contributed by atoms with Crippen LogP contribution in [-0.2, 0) is 11.3 Å². The molecular formula is C20H23NO4. The molecule has 0 saturated heterocycles. The summed E-state index contributed by atoms with van der Waals surface area (Å²) in [5.74, 6) is 1.72. The quantitative estimate of drug-likeness (QED) is 0.799. The van der Waals surface area contributed by atoms with Crippen molar-refractivity contribution in [3.63, 3.8) is 0 Å². The molecule has 0 atom stereocenters. The Morgan fingerprint density at radius 1 is 1.04 bits per heavy atom. The van der Waals surface area contributed by atoms with E-state index in [9.17, 15) is 4.79 Å². The van der Waals surface area contributed by atoms with Crippen LogP contribution in [0.2, 0.25) is 0 Å². The number of allylic oxidation sites excluding steroid dienone is 1. The van der Waals surface area contributed by atoms with Gasteiger partial charge in [-0.3, -0.25) is 4.79 Å². The Hall–Kier alpha value is -2.95. The summed E-state index contributed by atoms with van der Waals surface area (Å²) in [5, 5.41) is 2.82. The molecule has 0 radical (unpaired) electrons. The fourth-order valence-corrected chi connectivity index (χ4v) is 2.24. The van der Waals surface area contributed by atoms with Gasteiger partial charge in [0.2, 0.25) is 0 Å². The maximum Gasteiger partial charge on any atom is 0.258 e. The van der Waals surface area contributed by atoms with Crippen LogP contribution in [0.5, 0.6) is 17.2 Å². The Labute approximate surface area is 148 Å². The topological polar surface area (TPSA) is 56.8 Å². The Bertz CT molecular complexity index is 723. The van der Waals surface area contributed by atoms with Crippen molar-refractivity contribution in [3.05, 3.63) is 59.7 Å². The van der Waals surface area contributed by atoms with E-state index in [-0.39, 0.29) is 12.5 Å². The van der Waals surface area contributed by atoms with Gasteiger partial charge in [0, 0.05) is 6.54 Å². The first kappa shape index (κ1) is 18.4. The molecule has 5 heteroatoms. The average molecular weight is 341 g/mol. The van der Waals surface area contributed by atoms with Gasteiger partial charge in [-0.1, -0.05) is 30.4 Å². The largest absolute Gasteiger partial charge is 0.497 e. The van der Waals surface area contributed by atoms with Gasteiger partial charge in [0.15, 0.2) is 18.1 Å². The smallest absolute Gasteiger partial charge is 0.258 e. The van der Waals surface area contributed by atoms with E-state index in [2.05, 4.69) is 5.32 Å². The van der Waals surface area contributed by atoms with Crippen molar-refractivity contribution in [3.8, 4) is 17.2 Å². The van der Waals surface area contributed by atoms with Crippen LogP contribution in [0.15, 0.2) is 48.5 Å². The number of rotatable bonds is 8. The molecule has 0 aliphatic rings. The number of hydrogen-bond donors (Lipinski definition) is 1. The van der Waals surface area contributed by atoms with Crippen molar-refractivity contribution in [1.82, 2.24) is 5.32 Å². The second kappa shape index (κ2) is 9.37. The van der Waals surface area contributed by atoms with E-state index in [0.717, 1.165) is 16.9 Å². The first-order chi connectivity index (χ1) is 12.2. The molecule has 0 bridgehead atoms. The fraction of sp³-hybridized carbons (Fsp3) is 0.250. The third-order valence-electron chi connectivity index (χ3n) is 3.55. The highest BCUT2D eigenvalue weighted by atomic mass is 16.5. The third kappa shape index (κ3) is 5.57. The Balaban J connectivity index is 1.86. The normalized spacial score (nSPS) is 10.5. The molecule has 2 rings (SSSR count). The van der Waals surface area contributed by atoms with Gasteiger partial charge < -0.3 is 19.5 Å². The van der Waals surface area contributed by atoms with E-state index in [1.807, 2.05) is 55.5 Å². The monoisotopic (exact) mass is 341 g/mol. The fourth-order valence-electron chi connectivity index (χ4n) is 2.24. The number of benzene rings is 2. The molecule has 0 fully saturated rings. The van der Waals surface area contributed by atoms with E-state index in [4.69, 9.17) is 14.2 Å². The molecule has 132 valence electrons. The van der Waals surface area contributed by atoms with Crippen molar-refractivity contribution in [2.24, 2.45) is 0 Å². The lowest BCUT2D eigenvalue weighted by Crippen LogP contribution is -2.28. The first-order valence-electron chi connectivity index (χ1n) is 7.99. The summed E-state index contributed by atoms with van der Waals surface area (Å²) < 4.78 is 16.0. The SMILES string of the molecule is CC=Cc1ccc(OCC(=O)NCc2ccc(OC)cc2)c(OC)c1. The molecule has 5 nitrogen and oxygen atoms in total. The minimum Gasteiger partial charge on any atom is -0.497 e. The van der Waals surface area contributed by atoms with Crippen molar-refractivity contribution < 1.29 is 19.0 Å². The molecule has 0 aliphatic heterocycles. The van der Waals surface area contributed by atoms with Gasteiger partial charge in [-0.2, -0.15) is 0 Å². The Morgan fingerprint density at radius 3 is 2.44 bits per heavy atom. The molecule has 0 unspecified atom stereocenters. The van der Waals surface area contributed by atoms with E-state index < -0.39 is 0 Å². The van der Waals surface area contributed by atoms with Gasteiger partial charge >= 0.3 is 0 Å². The minimum atomic E-state index is -0.199. The van der Waals surface area contributed by atoms with Crippen molar-refractivity contribution in [2.75, 3.05) is 20.8 Å². The second-order valence-corrected chi connectivity index (χ2v) is 5.32. The summed E-state index contributed by atoms with van der Waals surface area (Å²) in [6.45, 7) is 2.31. The highest BCUT2D eigenvalue weighted by Gasteiger charge is 2.08. The highest BCUT2D eigenvalue weighted by Crippen LogP contribution is 2.28. The molecule has 2 aromatic carbocycles. The van der Waals surface area contributed by atoms with E-state index in [0.29, 0.717) is 18.0 Å². The molecule has 0 aromatic heterocycles. The van der Waals surface area contributed by atoms with Gasteiger partial charge in [-0.05, 0) is 42.3 Å². The number of ether oxygens (including phenoxy) is 3. The molecule has 1 N–H and O–H groups in total. The first-order valence-corrected chi connectivity index (χ1v) is 7.99. The maximum atomic E-state index is 12.0. The van der Waals surface area contributed by atoms with Crippen molar-refractivity contribution >= 4 is 12.0 Å². The van der Waals surface area contributed by atoms with Crippen LogP contribution in [-0.4, -0.2) is 26.7 Å². The summed E-state index contributed by atoms with van der Waals surface area (Å²) in [7, 11) is 3.19. The summed E-state index contributed by atoms with van der Waals surface area (Å²) in [4.78, 5) is 12.0. The number of methoxy groups -OCH3 is 2. The summed E-state index contributed by atoms with van der Waals surface area (Å²) in [6.07, 6.45) is 3.91. The molecular weight excluding hydrogens is 318 g/mol. The lowest BCUT2D eigenvalue weighted by atomic mass is 10.2. The summed E-state index contributed by atoms with van der Waals surface area (Å²) in [6, 6.07) is 13.1.